The van der Waals surface area contributed by atoms with Gasteiger partial charge in [0, 0.05) is 0 Å². The van der Waals surface area contributed by atoms with Crippen LogP contribution in [0.5, 0.6) is 0 Å². The first-order valence-corrected chi connectivity index (χ1v) is 8.60. The number of anilines is 1. The number of nitrogens with zero attached hydrogens (tertiary/aromatic N) is 4. The van der Waals surface area contributed by atoms with Crippen LogP contribution in [0.3, 0.4) is 0 Å². The van der Waals surface area contributed by atoms with Crippen LogP contribution in [0.25, 0.3) is 0 Å². The van der Waals surface area contributed by atoms with E-state index >= 15 is 0 Å². The van der Waals surface area contributed by atoms with Gasteiger partial charge in [-0.2, -0.15) is 0 Å². The molecule has 0 saturated carbocycles. The van der Waals surface area contributed by atoms with E-state index in [1.165, 1.54) is 24.3 Å². The number of aromatic carboxylic acids is 1. The van der Waals surface area contributed by atoms with Crippen molar-refractivity contribution in [2.24, 2.45) is 0 Å². The number of carbonyl (C=O) groups excluding carboxylic acids is 1. The van der Waals surface area contributed by atoms with Crippen molar-refractivity contribution >= 4 is 23.8 Å². The summed E-state index contributed by atoms with van der Waals surface area (Å²) in [5.41, 5.74) is -0.225. The fourth-order valence-electron chi connectivity index (χ4n) is 2.55. The first-order valence-electron chi connectivity index (χ1n) is 8.60. The van der Waals surface area contributed by atoms with Gasteiger partial charge in [-0.15, -0.1) is 9.90 Å². The zero-order chi connectivity index (χ0) is 19.8. The van der Waals surface area contributed by atoms with Gasteiger partial charge >= 0.3 is 11.9 Å². The number of unbranched alkanes of at least 4 members (excludes halogenated alkanes) is 3. The molecule has 0 aliphatic rings. The second-order valence-electron chi connectivity index (χ2n) is 5.94. The van der Waals surface area contributed by atoms with Crippen molar-refractivity contribution in [3.63, 3.8) is 0 Å². The molecular formula is C17H21N5O5. The number of carboxylic acids is 2. The van der Waals surface area contributed by atoms with Crippen molar-refractivity contribution in [1.29, 1.82) is 0 Å². The summed E-state index contributed by atoms with van der Waals surface area (Å²) < 4.78 is 0. The predicted molar refractivity (Wildman–Crippen MR) is 94.6 cm³/mol. The number of hydrogen-bond donors (Lipinski definition) is 3. The Hall–Kier alpha value is -3.30. The highest BCUT2D eigenvalue weighted by atomic mass is 16.4. The van der Waals surface area contributed by atoms with Crippen molar-refractivity contribution in [3.8, 4) is 0 Å². The molecule has 1 aromatic carbocycles. The third-order valence-corrected chi connectivity index (χ3v) is 3.95. The lowest BCUT2D eigenvalue weighted by Crippen LogP contribution is -2.22. The average Bonchev–Trinajstić information content (AvgIpc) is 3.09. The average molecular weight is 375 g/mol. The van der Waals surface area contributed by atoms with Crippen LogP contribution in [0.2, 0.25) is 0 Å². The molecule has 10 heteroatoms. The normalized spacial score (nSPS) is 11.7. The molecule has 1 amide bonds. The molecule has 0 aliphatic carbocycles. The summed E-state index contributed by atoms with van der Waals surface area (Å²) in [6, 6.07) is 4.72. The van der Waals surface area contributed by atoms with Gasteiger partial charge in [0.1, 0.15) is 0 Å². The first-order chi connectivity index (χ1) is 12.9. The molecule has 144 valence electrons. The van der Waals surface area contributed by atoms with E-state index in [1.807, 2.05) is 0 Å². The van der Waals surface area contributed by atoms with Gasteiger partial charge in [0.05, 0.1) is 11.1 Å². The predicted octanol–water partition coefficient (Wildman–Crippen LogP) is 2.22. The number of carboxylic acid groups (broad SMARTS) is 2. The molecule has 3 N–H and O–H groups in total. The van der Waals surface area contributed by atoms with Gasteiger partial charge in [-0.25, -0.2) is 9.59 Å². The van der Waals surface area contributed by atoms with Gasteiger partial charge in [0.2, 0.25) is 0 Å². The standard InChI is InChI=1S/C17H21N5O5/c1-2-3-4-5-10-13(16(26)27)22-20-17(19-21-22)18-14(23)11-8-6-7-9-12(11)15(24)25/h6-9,13H,2-5,10H2,1H3,(H,24,25)(H,26,27)(H,18,20,23). The number of rotatable bonds is 10. The maximum Gasteiger partial charge on any atom is 0.336 e. The van der Waals surface area contributed by atoms with Crippen molar-refractivity contribution in [2.45, 2.75) is 45.1 Å². The smallest absolute Gasteiger partial charge is 0.336 e. The number of carbonyl (C=O) groups is 3. The zero-order valence-corrected chi connectivity index (χ0v) is 14.8. The molecule has 1 unspecified atom stereocenters. The third kappa shape index (κ3) is 5.33. The number of nitrogens with one attached hydrogen (secondary N) is 1. The lowest BCUT2D eigenvalue weighted by atomic mass is 10.1. The van der Waals surface area contributed by atoms with E-state index in [2.05, 4.69) is 27.7 Å². The fourth-order valence-corrected chi connectivity index (χ4v) is 2.55. The number of benzene rings is 1. The topological polar surface area (TPSA) is 147 Å². The lowest BCUT2D eigenvalue weighted by Gasteiger charge is -2.10. The highest BCUT2D eigenvalue weighted by Gasteiger charge is 2.23. The molecule has 0 saturated heterocycles. The lowest BCUT2D eigenvalue weighted by molar-refractivity contribution is -0.141. The van der Waals surface area contributed by atoms with Crippen molar-refractivity contribution in [2.75, 3.05) is 5.32 Å². The van der Waals surface area contributed by atoms with E-state index in [-0.39, 0.29) is 17.1 Å². The number of aromatic nitrogens is 4. The van der Waals surface area contributed by atoms with Crippen LogP contribution in [0.1, 0.15) is 65.8 Å². The Kier molecular flexibility index (Phi) is 6.98. The van der Waals surface area contributed by atoms with E-state index in [0.29, 0.717) is 12.8 Å². The summed E-state index contributed by atoms with van der Waals surface area (Å²) in [5, 5.41) is 32.1. The summed E-state index contributed by atoms with van der Waals surface area (Å²) in [4.78, 5) is 35.9. The van der Waals surface area contributed by atoms with Gasteiger partial charge in [-0.3, -0.25) is 10.1 Å². The van der Waals surface area contributed by atoms with Crippen LogP contribution in [0.4, 0.5) is 5.95 Å². The fraction of sp³-hybridized carbons (Fsp3) is 0.412. The SMILES string of the molecule is CCCCCCC(C(=O)O)n1nnc(NC(=O)c2ccccc2C(=O)O)n1. The molecule has 1 heterocycles. The summed E-state index contributed by atoms with van der Waals surface area (Å²) in [6.45, 7) is 2.06. The van der Waals surface area contributed by atoms with Crippen molar-refractivity contribution < 1.29 is 24.6 Å². The Morgan fingerprint density at radius 1 is 1.11 bits per heavy atom. The zero-order valence-electron chi connectivity index (χ0n) is 14.8. The summed E-state index contributed by atoms with van der Waals surface area (Å²) in [7, 11) is 0. The van der Waals surface area contributed by atoms with E-state index in [4.69, 9.17) is 5.11 Å². The maximum absolute atomic E-state index is 12.3. The monoisotopic (exact) mass is 375 g/mol. The summed E-state index contributed by atoms with van der Waals surface area (Å²) in [5.74, 6) is -3.24. The van der Waals surface area contributed by atoms with Crippen LogP contribution in [-0.4, -0.2) is 48.3 Å². The van der Waals surface area contributed by atoms with E-state index < -0.39 is 23.9 Å². The Balaban J connectivity index is 2.09. The molecule has 10 nitrogen and oxygen atoms in total. The minimum Gasteiger partial charge on any atom is -0.480 e. The first kappa shape index (κ1) is 20.0. The van der Waals surface area contributed by atoms with Crippen LogP contribution in [0, 0.1) is 0 Å². The van der Waals surface area contributed by atoms with E-state index in [0.717, 1.165) is 24.1 Å². The highest BCUT2D eigenvalue weighted by molar-refractivity contribution is 6.10. The van der Waals surface area contributed by atoms with Gasteiger partial charge < -0.3 is 10.2 Å². The Labute approximate surface area is 155 Å². The quantitative estimate of drug-likeness (QED) is 0.535. The molecule has 1 atom stereocenters. The number of hydrogen-bond acceptors (Lipinski definition) is 6. The number of amides is 1. The molecule has 0 radical (unpaired) electrons. The van der Waals surface area contributed by atoms with Gasteiger partial charge in [-0.1, -0.05) is 49.8 Å². The van der Waals surface area contributed by atoms with Crippen LogP contribution < -0.4 is 5.32 Å². The highest BCUT2D eigenvalue weighted by Crippen LogP contribution is 2.16. The van der Waals surface area contributed by atoms with E-state index in [9.17, 15) is 19.5 Å². The molecule has 0 aliphatic heterocycles. The van der Waals surface area contributed by atoms with Crippen molar-refractivity contribution in [1.82, 2.24) is 20.2 Å². The molecule has 0 spiro atoms. The summed E-state index contributed by atoms with van der Waals surface area (Å²) >= 11 is 0. The maximum atomic E-state index is 12.3. The van der Waals surface area contributed by atoms with Crippen LogP contribution >= 0.6 is 0 Å². The Bertz CT molecular complexity index is 820. The van der Waals surface area contributed by atoms with Gasteiger partial charge in [0.15, 0.2) is 6.04 Å². The second-order valence-corrected chi connectivity index (χ2v) is 5.94. The van der Waals surface area contributed by atoms with Crippen molar-refractivity contribution in [3.05, 3.63) is 35.4 Å². The third-order valence-electron chi connectivity index (χ3n) is 3.95. The van der Waals surface area contributed by atoms with Crippen LogP contribution in [0.15, 0.2) is 24.3 Å². The Morgan fingerprint density at radius 2 is 1.81 bits per heavy atom. The molecule has 1 aromatic heterocycles. The molecule has 2 rings (SSSR count). The molecule has 0 bridgehead atoms. The van der Waals surface area contributed by atoms with Gasteiger partial charge in [0.25, 0.3) is 11.9 Å². The molecular weight excluding hydrogens is 354 g/mol. The second kappa shape index (κ2) is 9.41. The van der Waals surface area contributed by atoms with E-state index in [1.54, 1.807) is 0 Å². The molecule has 2 aromatic rings. The summed E-state index contributed by atoms with van der Waals surface area (Å²) in [6.07, 6.45) is 4.01. The van der Waals surface area contributed by atoms with Crippen LogP contribution in [-0.2, 0) is 4.79 Å². The Morgan fingerprint density at radius 3 is 2.44 bits per heavy atom. The number of aliphatic carboxylic acids is 1. The number of tetrazole rings is 1. The molecule has 27 heavy (non-hydrogen) atoms. The minimum absolute atomic E-state index is 0.0595. The minimum atomic E-state index is -1.24. The molecule has 0 fully saturated rings. The van der Waals surface area contributed by atoms with Gasteiger partial charge in [-0.05, 0) is 23.8 Å². The largest absolute Gasteiger partial charge is 0.480 e.